The first-order chi connectivity index (χ1) is 9.30. The van der Waals surface area contributed by atoms with Gasteiger partial charge in [-0.05, 0) is 48.4 Å². The fraction of sp³-hybridized carbons (Fsp3) is 0.389. The molecule has 0 spiro atoms. The van der Waals surface area contributed by atoms with Crippen molar-refractivity contribution in [3.05, 3.63) is 46.7 Å². The van der Waals surface area contributed by atoms with E-state index in [2.05, 4.69) is 45.0 Å². The molecule has 1 nitrogen and oxygen atoms in total. The first-order valence-electron chi connectivity index (χ1n) is 7.41. The number of allylic oxidation sites excluding steroid dienone is 2. The van der Waals surface area contributed by atoms with Crippen molar-refractivity contribution in [2.75, 3.05) is 0 Å². The molecular formula is C18H21N. The molecule has 3 rings (SSSR count). The molecule has 0 saturated carbocycles. The third-order valence-electron chi connectivity index (χ3n) is 4.31. The van der Waals surface area contributed by atoms with Gasteiger partial charge in [0.15, 0.2) is 0 Å². The van der Waals surface area contributed by atoms with Crippen LogP contribution in [0.3, 0.4) is 0 Å². The maximum absolute atomic E-state index is 4.88. The quantitative estimate of drug-likeness (QED) is 0.754. The zero-order valence-electron chi connectivity index (χ0n) is 12.1. The van der Waals surface area contributed by atoms with E-state index in [4.69, 9.17) is 4.98 Å². The molecular weight excluding hydrogens is 230 g/mol. The van der Waals surface area contributed by atoms with Crippen molar-refractivity contribution in [1.29, 1.82) is 0 Å². The van der Waals surface area contributed by atoms with Crippen LogP contribution in [0.25, 0.3) is 16.5 Å². The van der Waals surface area contributed by atoms with Crippen LogP contribution in [-0.2, 0) is 12.8 Å². The Bertz CT molecular complexity index is 665. The molecule has 2 aromatic rings. The number of hydrogen-bond donors (Lipinski definition) is 0. The highest BCUT2D eigenvalue weighted by atomic mass is 14.7. The molecule has 0 unspecified atom stereocenters. The second-order valence-corrected chi connectivity index (χ2v) is 5.25. The van der Waals surface area contributed by atoms with E-state index in [1.807, 2.05) is 0 Å². The first kappa shape index (κ1) is 12.4. The normalized spacial score (nSPS) is 14.3. The summed E-state index contributed by atoms with van der Waals surface area (Å²) in [7, 11) is 0. The van der Waals surface area contributed by atoms with Crippen LogP contribution in [0.5, 0.6) is 0 Å². The van der Waals surface area contributed by atoms with Gasteiger partial charge in [0.05, 0.1) is 5.52 Å². The number of nitrogens with zero attached hydrogens (tertiary/aromatic N) is 1. The van der Waals surface area contributed by atoms with Crippen LogP contribution < -0.4 is 0 Å². The van der Waals surface area contributed by atoms with Crippen molar-refractivity contribution < 1.29 is 0 Å². The van der Waals surface area contributed by atoms with Crippen LogP contribution in [0.1, 0.15) is 50.4 Å². The maximum Gasteiger partial charge on any atom is 0.0711 e. The van der Waals surface area contributed by atoms with Crippen LogP contribution in [0, 0.1) is 0 Å². The average Bonchev–Trinajstić information content (AvgIpc) is 2.85. The van der Waals surface area contributed by atoms with Gasteiger partial charge < -0.3 is 0 Å². The lowest BCUT2D eigenvalue weighted by atomic mass is 9.96. The molecule has 0 saturated heterocycles. The van der Waals surface area contributed by atoms with Crippen molar-refractivity contribution in [2.24, 2.45) is 0 Å². The molecule has 0 N–H and O–H groups in total. The second-order valence-electron chi connectivity index (χ2n) is 5.25. The van der Waals surface area contributed by atoms with Crippen LogP contribution in [-0.4, -0.2) is 4.98 Å². The molecule has 1 aromatic carbocycles. The van der Waals surface area contributed by atoms with E-state index >= 15 is 0 Å². The summed E-state index contributed by atoms with van der Waals surface area (Å²) in [4.78, 5) is 4.88. The van der Waals surface area contributed by atoms with Gasteiger partial charge in [-0.15, -0.1) is 0 Å². The van der Waals surface area contributed by atoms with Crippen molar-refractivity contribution in [3.8, 4) is 0 Å². The summed E-state index contributed by atoms with van der Waals surface area (Å²) >= 11 is 0. The lowest BCUT2D eigenvalue weighted by Gasteiger charge is -2.12. The van der Waals surface area contributed by atoms with Crippen molar-refractivity contribution in [1.82, 2.24) is 4.98 Å². The molecule has 1 heteroatoms. The van der Waals surface area contributed by atoms with Crippen LogP contribution >= 0.6 is 0 Å². The van der Waals surface area contributed by atoms with E-state index in [9.17, 15) is 0 Å². The summed E-state index contributed by atoms with van der Waals surface area (Å²) in [6.07, 6.45) is 4.44. The van der Waals surface area contributed by atoms with Crippen molar-refractivity contribution in [2.45, 2.75) is 46.5 Å². The minimum Gasteiger partial charge on any atom is -0.253 e. The highest BCUT2D eigenvalue weighted by Crippen LogP contribution is 2.41. The Hall–Kier alpha value is -1.63. The molecule has 0 amide bonds. The summed E-state index contributed by atoms with van der Waals surface area (Å²) in [5.41, 5.74) is 8.64. The lowest BCUT2D eigenvalue weighted by Crippen LogP contribution is -1.99. The standard InChI is InChI=1S/C18H21N/c1-4-12-11-15-16(6-3)19-17-10-8-7-9-14(17)18(15)13(12)5-2/h7-10H,4-6,11H2,1-3H3. The number of aryl methyl sites for hydroxylation is 1. The zero-order valence-corrected chi connectivity index (χ0v) is 12.1. The molecule has 19 heavy (non-hydrogen) atoms. The lowest BCUT2D eigenvalue weighted by molar-refractivity contribution is 0.969. The van der Waals surface area contributed by atoms with E-state index in [0.29, 0.717) is 0 Å². The molecule has 0 fully saturated rings. The highest BCUT2D eigenvalue weighted by Gasteiger charge is 2.24. The summed E-state index contributed by atoms with van der Waals surface area (Å²) in [5, 5.41) is 1.34. The van der Waals surface area contributed by atoms with Crippen LogP contribution in [0.15, 0.2) is 29.8 Å². The van der Waals surface area contributed by atoms with E-state index in [-0.39, 0.29) is 0 Å². The number of fused-ring (bicyclic) bond motifs is 3. The monoisotopic (exact) mass is 251 g/mol. The summed E-state index contributed by atoms with van der Waals surface area (Å²) in [6.45, 7) is 6.77. The topological polar surface area (TPSA) is 12.9 Å². The maximum atomic E-state index is 4.88. The van der Waals surface area contributed by atoms with Crippen LogP contribution in [0.4, 0.5) is 0 Å². The third kappa shape index (κ3) is 1.80. The van der Waals surface area contributed by atoms with Gasteiger partial charge in [-0.2, -0.15) is 0 Å². The number of hydrogen-bond acceptors (Lipinski definition) is 1. The van der Waals surface area contributed by atoms with E-state index in [0.717, 1.165) is 31.2 Å². The SMILES string of the molecule is CCC1=C(CC)c2c(c(CC)nc3ccccc23)C1. The van der Waals surface area contributed by atoms with Gasteiger partial charge in [0, 0.05) is 11.1 Å². The van der Waals surface area contributed by atoms with Gasteiger partial charge in [0.25, 0.3) is 0 Å². The van der Waals surface area contributed by atoms with Gasteiger partial charge in [-0.1, -0.05) is 44.5 Å². The van der Waals surface area contributed by atoms with Crippen molar-refractivity contribution in [3.63, 3.8) is 0 Å². The highest BCUT2D eigenvalue weighted by molar-refractivity contribution is 5.96. The third-order valence-corrected chi connectivity index (χ3v) is 4.31. The number of pyridine rings is 1. The molecule has 0 aliphatic heterocycles. The molecule has 0 atom stereocenters. The van der Waals surface area contributed by atoms with E-state index in [1.54, 1.807) is 11.1 Å². The number of benzene rings is 1. The summed E-state index contributed by atoms with van der Waals surface area (Å²) < 4.78 is 0. The molecule has 1 heterocycles. The Kier molecular flexibility index (Phi) is 3.14. The summed E-state index contributed by atoms with van der Waals surface area (Å²) in [6, 6.07) is 8.60. The molecule has 0 radical (unpaired) electrons. The van der Waals surface area contributed by atoms with E-state index in [1.165, 1.54) is 22.2 Å². The predicted octanol–water partition coefficient (Wildman–Crippen LogP) is 4.93. The Morgan fingerprint density at radius 3 is 2.47 bits per heavy atom. The molecule has 1 aromatic heterocycles. The Labute approximate surface area is 115 Å². The van der Waals surface area contributed by atoms with Gasteiger partial charge in [-0.25, -0.2) is 0 Å². The zero-order chi connectivity index (χ0) is 13.4. The molecule has 98 valence electrons. The Morgan fingerprint density at radius 1 is 1.00 bits per heavy atom. The minimum absolute atomic E-state index is 1.03. The molecule has 0 bridgehead atoms. The average molecular weight is 251 g/mol. The Morgan fingerprint density at radius 2 is 1.79 bits per heavy atom. The Balaban J connectivity index is 2.37. The second kappa shape index (κ2) is 4.80. The number of para-hydroxylation sites is 1. The summed E-state index contributed by atoms with van der Waals surface area (Å²) in [5.74, 6) is 0. The first-order valence-corrected chi connectivity index (χ1v) is 7.41. The number of rotatable bonds is 3. The van der Waals surface area contributed by atoms with Gasteiger partial charge in [0.2, 0.25) is 0 Å². The van der Waals surface area contributed by atoms with Crippen molar-refractivity contribution >= 4 is 16.5 Å². The number of aromatic nitrogens is 1. The minimum atomic E-state index is 1.03. The molecule has 1 aliphatic rings. The van der Waals surface area contributed by atoms with Gasteiger partial charge in [-0.3, -0.25) is 4.98 Å². The predicted molar refractivity (Wildman–Crippen MR) is 82.3 cm³/mol. The van der Waals surface area contributed by atoms with Gasteiger partial charge >= 0.3 is 0 Å². The smallest absolute Gasteiger partial charge is 0.0711 e. The van der Waals surface area contributed by atoms with Crippen LogP contribution in [0.2, 0.25) is 0 Å². The fourth-order valence-corrected chi connectivity index (χ4v) is 3.39. The van der Waals surface area contributed by atoms with Gasteiger partial charge in [0.1, 0.15) is 0 Å². The fourth-order valence-electron chi connectivity index (χ4n) is 3.39. The largest absolute Gasteiger partial charge is 0.253 e. The van der Waals surface area contributed by atoms with E-state index < -0.39 is 0 Å². The molecule has 1 aliphatic carbocycles.